The molecule has 1 heterocycles. The van der Waals surface area contributed by atoms with Crippen LogP contribution in [0, 0.1) is 0 Å². The molecule has 0 radical (unpaired) electrons. The highest BCUT2D eigenvalue weighted by atomic mass is 32.1. The third-order valence-corrected chi connectivity index (χ3v) is 4.09. The van der Waals surface area contributed by atoms with Crippen molar-refractivity contribution in [2.75, 3.05) is 7.05 Å². The van der Waals surface area contributed by atoms with Crippen molar-refractivity contribution in [2.24, 2.45) is 0 Å². The van der Waals surface area contributed by atoms with Gasteiger partial charge in [-0.25, -0.2) is 0 Å². The summed E-state index contributed by atoms with van der Waals surface area (Å²) in [5, 5.41) is 13.7. The van der Waals surface area contributed by atoms with Gasteiger partial charge in [0.25, 0.3) is 0 Å². The van der Waals surface area contributed by atoms with Gasteiger partial charge < -0.3 is 10.4 Å². The molecule has 0 bridgehead atoms. The lowest BCUT2D eigenvalue weighted by Crippen LogP contribution is -2.41. The van der Waals surface area contributed by atoms with Crippen LogP contribution in [0.5, 0.6) is 0 Å². The Morgan fingerprint density at radius 2 is 2.33 bits per heavy atom. The lowest BCUT2D eigenvalue weighted by atomic mass is 9.80. The molecule has 1 saturated carbocycles. The molecule has 1 fully saturated rings. The summed E-state index contributed by atoms with van der Waals surface area (Å²) in [6.07, 6.45) is 6.59. The van der Waals surface area contributed by atoms with Crippen molar-refractivity contribution < 1.29 is 5.11 Å². The van der Waals surface area contributed by atoms with E-state index in [1.165, 1.54) is 4.88 Å². The minimum Gasteiger partial charge on any atom is -0.390 e. The van der Waals surface area contributed by atoms with Gasteiger partial charge in [-0.05, 0) is 32.7 Å². The molecular weight excluding hydrogens is 208 g/mol. The van der Waals surface area contributed by atoms with E-state index < -0.39 is 5.60 Å². The van der Waals surface area contributed by atoms with Gasteiger partial charge in [0, 0.05) is 23.5 Å². The number of hydrogen-bond donors (Lipinski definition) is 2. The van der Waals surface area contributed by atoms with E-state index in [-0.39, 0.29) is 0 Å². The highest BCUT2D eigenvalue weighted by Gasteiger charge is 2.33. The van der Waals surface area contributed by atoms with Crippen LogP contribution in [0.1, 0.15) is 30.6 Å². The highest BCUT2D eigenvalue weighted by Crippen LogP contribution is 2.32. The first-order chi connectivity index (χ1) is 7.22. The third kappa shape index (κ3) is 2.77. The summed E-state index contributed by atoms with van der Waals surface area (Å²) in [6, 6.07) is 0.590. The van der Waals surface area contributed by atoms with Crippen LogP contribution in [0.15, 0.2) is 11.7 Å². The number of rotatable bonds is 3. The van der Waals surface area contributed by atoms with Gasteiger partial charge in [0.15, 0.2) is 0 Å². The summed E-state index contributed by atoms with van der Waals surface area (Å²) in [5.74, 6) is 0. The molecule has 0 saturated heterocycles. The zero-order valence-corrected chi connectivity index (χ0v) is 9.89. The molecule has 0 spiro atoms. The average Bonchev–Trinajstić information content (AvgIpc) is 2.71. The Morgan fingerprint density at radius 1 is 1.60 bits per heavy atom. The second-order valence-corrected chi connectivity index (χ2v) is 5.40. The fourth-order valence-electron chi connectivity index (χ4n) is 2.27. The van der Waals surface area contributed by atoms with E-state index >= 15 is 0 Å². The van der Waals surface area contributed by atoms with Gasteiger partial charge in [-0.15, -0.1) is 11.3 Å². The Kier molecular flexibility index (Phi) is 3.38. The molecule has 0 unspecified atom stereocenters. The first-order valence-corrected chi connectivity index (χ1v) is 6.37. The van der Waals surface area contributed by atoms with Crippen molar-refractivity contribution in [3.8, 4) is 0 Å². The molecule has 2 rings (SSSR count). The van der Waals surface area contributed by atoms with E-state index in [1.54, 1.807) is 11.3 Å². The summed E-state index contributed by atoms with van der Waals surface area (Å²) in [7, 11) is 2.00. The Labute approximate surface area is 94.5 Å². The smallest absolute Gasteiger partial charge is 0.0794 e. The van der Waals surface area contributed by atoms with Gasteiger partial charge in [-0.3, -0.25) is 4.98 Å². The predicted octanol–water partition coefficient (Wildman–Crippen LogP) is 1.58. The quantitative estimate of drug-likeness (QED) is 0.822. The van der Waals surface area contributed by atoms with Gasteiger partial charge in [0.05, 0.1) is 11.1 Å². The number of nitrogens with zero attached hydrogens (tertiary/aromatic N) is 1. The fourth-order valence-corrected chi connectivity index (χ4v) is 3.01. The largest absolute Gasteiger partial charge is 0.390 e. The summed E-state index contributed by atoms with van der Waals surface area (Å²) in [6.45, 7) is 0. The zero-order valence-electron chi connectivity index (χ0n) is 9.07. The fraction of sp³-hybridized carbons (Fsp3) is 0.727. The topological polar surface area (TPSA) is 45.1 Å². The predicted molar refractivity (Wildman–Crippen MR) is 62.1 cm³/mol. The van der Waals surface area contributed by atoms with E-state index in [9.17, 15) is 5.11 Å². The van der Waals surface area contributed by atoms with Crippen LogP contribution in [0.2, 0.25) is 0 Å². The van der Waals surface area contributed by atoms with Gasteiger partial charge in [0.1, 0.15) is 0 Å². The van der Waals surface area contributed by atoms with Gasteiger partial charge in [-0.2, -0.15) is 0 Å². The van der Waals surface area contributed by atoms with Crippen molar-refractivity contribution in [1.82, 2.24) is 10.3 Å². The second kappa shape index (κ2) is 4.60. The number of hydrogen-bond acceptors (Lipinski definition) is 4. The Balaban J connectivity index is 1.92. The molecule has 0 aromatic carbocycles. The molecule has 4 heteroatoms. The number of aliphatic hydroxyl groups is 1. The Morgan fingerprint density at radius 3 is 2.87 bits per heavy atom. The van der Waals surface area contributed by atoms with Gasteiger partial charge in [-0.1, -0.05) is 0 Å². The van der Waals surface area contributed by atoms with Crippen LogP contribution in [-0.2, 0) is 6.42 Å². The van der Waals surface area contributed by atoms with Crippen molar-refractivity contribution in [3.63, 3.8) is 0 Å². The van der Waals surface area contributed by atoms with Crippen LogP contribution >= 0.6 is 11.3 Å². The van der Waals surface area contributed by atoms with Crippen molar-refractivity contribution >= 4 is 11.3 Å². The van der Waals surface area contributed by atoms with E-state index in [0.717, 1.165) is 32.1 Å². The lowest BCUT2D eigenvalue weighted by molar-refractivity contribution is -0.00179. The normalized spacial score (nSPS) is 31.7. The molecule has 84 valence electrons. The van der Waals surface area contributed by atoms with E-state index in [1.807, 2.05) is 18.8 Å². The average molecular weight is 226 g/mol. The molecular formula is C11H18N2OS. The first-order valence-electron chi connectivity index (χ1n) is 5.49. The first kappa shape index (κ1) is 11.0. The molecule has 3 nitrogen and oxygen atoms in total. The maximum absolute atomic E-state index is 10.4. The van der Waals surface area contributed by atoms with Gasteiger partial charge >= 0.3 is 0 Å². The van der Waals surface area contributed by atoms with Crippen molar-refractivity contribution in [3.05, 3.63) is 16.6 Å². The summed E-state index contributed by atoms with van der Waals surface area (Å²) in [4.78, 5) is 5.24. The third-order valence-electron chi connectivity index (χ3n) is 3.31. The summed E-state index contributed by atoms with van der Waals surface area (Å²) >= 11 is 1.63. The summed E-state index contributed by atoms with van der Waals surface area (Å²) in [5.41, 5.74) is 1.35. The van der Waals surface area contributed by atoms with Crippen LogP contribution in [0.4, 0.5) is 0 Å². The van der Waals surface area contributed by atoms with E-state index in [4.69, 9.17) is 0 Å². The van der Waals surface area contributed by atoms with Crippen LogP contribution in [0.25, 0.3) is 0 Å². The molecule has 0 aliphatic heterocycles. The number of nitrogens with one attached hydrogen (secondary N) is 1. The SMILES string of the molecule is CNC1CCC(O)(Cc2cncs2)CC1. The van der Waals surface area contributed by atoms with Crippen molar-refractivity contribution in [1.29, 1.82) is 0 Å². The van der Waals surface area contributed by atoms with E-state index in [0.29, 0.717) is 6.04 Å². The Hall–Kier alpha value is -0.450. The number of thiazole rings is 1. The van der Waals surface area contributed by atoms with Gasteiger partial charge in [0.2, 0.25) is 0 Å². The van der Waals surface area contributed by atoms with Crippen LogP contribution in [-0.4, -0.2) is 28.8 Å². The molecule has 0 atom stereocenters. The van der Waals surface area contributed by atoms with E-state index in [2.05, 4.69) is 10.3 Å². The minimum absolute atomic E-state index is 0.486. The molecule has 1 aromatic rings. The second-order valence-electron chi connectivity index (χ2n) is 4.43. The van der Waals surface area contributed by atoms with Crippen molar-refractivity contribution in [2.45, 2.75) is 43.7 Å². The molecule has 0 amide bonds. The van der Waals surface area contributed by atoms with Crippen LogP contribution < -0.4 is 5.32 Å². The molecule has 1 aromatic heterocycles. The lowest BCUT2D eigenvalue weighted by Gasteiger charge is -2.35. The molecule has 1 aliphatic carbocycles. The maximum Gasteiger partial charge on any atom is 0.0794 e. The number of aromatic nitrogens is 1. The molecule has 2 N–H and O–H groups in total. The van der Waals surface area contributed by atoms with Crippen LogP contribution in [0.3, 0.4) is 0 Å². The highest BCUT2D eigenvalue weighted by molar-refractivity contribution is 7.09. The molecule has 15 heavy (non-hydrogen) atoms. The molecule has 1 aliphatic rings. The standard InChI is InChI=1S/C11H18N2OS/c1-12-9-2-4-11(14,5-3-9)6-10-7-13-8-15-10/h7-9,12,14H,2-6H2,1H3. The zero-order chi connectivity index (χ0) is 10.7. The summed E-state index contributed by atoms with van der Waals surface area (Å²) < 4.78 is 0. The maximum atomic E-state index is 10.4. The minimum atomic E-state index is -0.486. The monoisotopic (exact) mass is 226 g/mol. The Bertz CT molecular complexity index is 292.